The van der Waals surface area contributed by atoms with Crippen molar-refractivity contribution < 1.29 is 26.0 Å². The minimum absolute atomic E-state index is 0.0336. The number of rotatable bonds is 6. The quantitative estimate of drug-likeness (QED) is 0.310. The standard InChI is InChI=1S/C27H22ClFN2O5S3/c1-38(33,34)24-9-5-3-7-19(24)18-11-13-23(20(29)16-18)31-22-8-4-2-6-17(22)10-12-21(27(31)32)30-39(35,36)26-15-14-25(28)37-26/h2-9,11,13-16,21,30H,10,12H2,1H3. The van der Waals surface area contributed by atoms with Gasteiger partial charge in [0.05, 0.1) is 20.6 Å². The lowest BCUT2D eigenvalue weighted by Gasteiger charge is -2.27. The molecule has 12 heteroatoms. The van der Waals surface area contributed by atoms with E-state index in [1.54, 1.807) is 42.5 Å². The Kier molecular flexibility index (Phi) is 7.38. The van der Waals surface area contributed by atoms with Crippen LogP contribution in [0.5, 0.6) is 0 Å². The van der Waals surface area contributed by atoms with Gasteiger partial charge in [0.25, 0.3) is 10.0 Å². The lowest BCUT2D eigenvalue weighted by Crippen LogP contribution is -2.46. The summed E-state index contributed by atoms with van der Waals surface area (Å²) in [5.74, 6) is -1.41. The lowest BCUT2D eigenvalue weighted by molar-refractivity contribution is -0.119. The normalized spacial score (nSPS) is 16.1. The lowest BCUT2D eigenvalue weighted by atomic mass is 10.0. The zero-order valence-electron chi connectivity index (χ0n) is 20.5. The van der Waals surface area contributed by atoms with Crippen molar-refractivity contribution in [2.45, 2.75) is 28.0 Å². The van der Waals surface area contributed by atoms with Gasteiger partial charge in [-0.05, 0) is 60.4 Å². The maximum Gasteiger partial charge on any atom is 0.250 e. The van der Waals surface area contributed by atoms with Crippen molar-refractivity contribution >= 4 is 60.1 Å². The summed E-state index contributed by atoms with van der Waals surface area (Å²) >= 11 is 6.78. The summed E-state index contributed by atoms with van der Waals surface area (Å²) in [7, 11) is -7.65. The van der Waals surface area contributed by atoms with Crippen LogP contribution in [0.25, 0.3) is 11.1 Å². The number of sulfonamides is 1. The van der Waals surface area contributed by atoms with Gasteiger partial charge < -0.3 is 0 Å². The largest absolute Gasteiger partial charge is 0.276 e. The predicted molar refractivity (Wildman–Crippen MR) is 150 cm³/mol. The Labute approximate surface area is 234 Å². The fourth-order valence-electron chi connectivity index (χ4n) is 4.57. The highest BCUT2D eigenvalue weighted by atomic mass is 35.5. The number of halogens is 2. The first-order chi connectivity index (χ1) is 18.5. The highest BCUT2D eigenvalue weighted by Crippen LogP contribution is 2.38. The molecular formula is C27H22ClFN2O5S3. The van der Waals surface area contributed by atoms with E-state index in [4.69, 9.17) is 11.6 Å². The van der Waals surface area contributed by atoms with E-state index in [-0.39, 0.29) is 25.5 Å². The van der Waals surface area contributed by atoms with Crippen LogP contribution in [0.15, 0.2) is 88.0 Å². The third kappa shape index (κ3) is 5.50. The Morgan fingerprint density at radius 1 is 0.949 bits per heavy atom. The number of nitrogens with zero attached hydrogens (tertiary/aromatic N) is 1. The Morgan fingerprint density at radius 3 is 2.36 bits per heavy atom. The number of sulfone groups is 1. The second-order valence-corrected chi connectivity index (χ2v) is 14.6. The number of fused-ring (bicyclic) bond motifs is 1. The molecule has 1 amide bonds. The van der Waals surface area contributed by atoms with E-state index in [9.17, 15) is 21.6 Å². The molecule has 0 fully saturated rings. The minimum atomic E-state index is -4.07. The molecule has 1 aliphatic heterocycles. The third-order valence-electron chi connectivity index (χ3n) is 6.35. The highest BCUT2D eigenvalue weighted by Gasteiger charge is 2.36. The van der Waals surface area contributed by atoms with E-state index >= 15 is 4.39 Å². The van der Waals surface area contributed by atoms with Crippen molar-refractivity contribution in [1.82, 2.24) is 4.72 Å². The molecule has 5 rings (SSSR count). The molecule has 0 saturated carbocycles. The molecule has 2 heterocycles. The van der Waals surface area contributed by atoms with Gasteiger partial charge in [-0.1, -0.05) is 54.1 Å². The first-order valence-corrected chi connectivity index (χ1v) is 16.3. The molecule has 1 aliphatic rings. The predicted octanol–water partition coefficient (Wildman–Crippen LogP) is 5.57. The van der Waals surface area contributed by atoms with Crippen LogP contribution in [0, 0.1) is 5.82 Å². The zero-order chi connectivity index (χ0) is 27.9. The number of anilines is 2. The molecule has 202 valence electrons. The molecule has 7 nitrogen and oxygen atoms in total. The van der Waals surface area contributed by atoms with E-state index < -0.39 is 37.6 Å². The number of hydrogen-bond donors (Lipinski definition) is 1. The number of carbonyl (C=O) groups excluding carboxylic acids is 1. The smallest absolute Gasteiger partial charge is 0.250 e. The summed E-state index contributed by atoms with van der Waals surface area (Å²) in [6, 6.07) is 19.0. The van der Waals surface area contributed by atoms with Gasteiger partial charge in [-0.3, -0.25) is 9.69 Å². The number of hydrogen-bond acceptors (Lipinski definition) is 6. The summed E-state index contributed by atoms with van der Waals surface area (Å²) in [6.07, 6.45) is 1.61. The summed E-state index contributed by atoms with van der Waals surface area (Å²) in [5, 5.41) is 0. The van der Waals surface area contributed by atoms with E-state index in [1.807, 2.05) is 0 Å². The SMILES string of the molecule is CS(=O)(=O)c1ccccc1-c1ccc(N2C(=O)C(NS(=O)(=O)c3ccc(Cl)s3)CCc3ccccc32)c(F)c1. The first-order valence-electron chi connectivity index (χ1n) is 11.7. The molecule has 1 atom stereocenters. The Bertz CT molecular complexity index is 1810. The Morgan fingerprint density at radius 2 is 1.67 bits per heavy atom. The molecule has 0 bridgehead atoms. The Hall–Kier alpha value is -3.09. The molecular weight excluding hydrogens is 583 g/mol. The number of nitrogens with one attached hydrogen (secondary N) is 1. The van der Waals surface area contributed by atoms with E-state index in [0.717, 1.165) is 23.2 Å². The van der Waals surface area contributed by atoms with E-state index in [1.165, 1.54) is 41.3 Å². The van der Waals surface area contributed by atoms with Gasteiger partial charge in [-0.2, -0.15) is 4.72 Å². The van der Waals surface area contributed by atoms with E-state index in [2.05, 4.69) is 4.72 Å². The monoisotopic (exact) mass is 604 g/mol. The van der Waals surface area contributed by atoms with Gasteiger partial charge >= 0.3 is 0 Å². The average Bonchev–Trinajstić information content (AvgIpc) is 3.29. The van der Waals surface area contributed by atoms with Gasteiger partial charge in [-0.15, -0.1) is 11.3 Å². The van der Waals surface area contributed by atoms with Gasteiger partial charge in [0.2, 0.25) is 5.91 Å². The fourth-order valence-corrected chi connectivity index (χ4v) is 8.20. The molecule has 1 aromatic heterocycles. The first kappa shape index (κ1) is 27.5. The summed E-state index contributed by atoms with van der Waals surface area (Å²) in [6.45, 7) is 0. The van der Waals surface area contributed by atoms with Crippen LogP contribution < -0.4 is 9.62 Å². The van der Waals surface area contributed by atoms with Crippen LogP contribution in [-0.2, 0) is 31.1 Å². The van der Waals surface area contributed by atoms with Crippen molar-refractivity contribution in [1.29, 1.82) is 0 Å². The summed E-state index contributed by atoms with van der Waals surface area (Å²) in [5.41, 5.74) is 1.75. The fraction of sp³-hybridized carbons (Fsp3) is 0.148. The van der Waals surface area contributed by atoms with Crippen molar-refractivity contribution in [3.8, 4) is 11.1 Å². The van der Waals surface area contributed by atoms with Crippen molar-refractivity contribution in [3.63, 3.8) is 0 Å². The van der Waals surface area contributed by atoms with Crippen molar-refractivity contribution in [2.75, 3.05) is 11.2 Å². The van der Waals surface area contributed by atoms with Crippen LogP contribution >= 0.6 is 22.9 Å². The zero-order valence-corrected chi connectivity index (χ0v) is 23.7. The summed E-state index contributed by atoms with van der Waals surface area (Å²) < 4.78 is 69.1. The van der Waals surface area contributed by atoms with Crippen molar-refractivity contribution in [3.05, 3.63) is 94.6 Å². The maximum atomic E-state index is 15.8. The minimum Gasteiger partial charge on any atom is -0.276 e. The average molecular weight is 605 g/mol. The molecule has 1 unspecified atom stereocenters. The van der Waals surface area contributed by atoms with Gasteiger partial charge in [-0.25, -0.2) is 21.2 Å². The van der Waals surface area contributed by atoms with Crippen LogP contribution in [0.1, 0.15) is 12.0 Å². The highest BCUT2D eigenvalue weighted by molar-refractivity contribution is 7.91. The van der Waals surface area contributed by atoms with Crippen LogP contribution in [-0.4, -0.2) is 35.0 Å². The van der Waals surface area contributed by atoms with E-state index in [0.29, 0.717) is 23.2 Å². The topological polar surface area (TPSA) is 101 Å². The molecule has 0 saturated heterocycles. The molecule has 3 aromatic carbocycles. The number of benzene rings is 3. The number of aryl methyl sites for hydroxylation is 1. The summed E-state index contributed by atoms with van der Waals surface area (Å²) in [4.78, 5) is 15.1. The number of amides is 1. The third-order valence-corrected chi connectivity index (χ3v) is 10.7. The second-order valence-electron chi connectivity index (χ2n) is 9.01. The maximum absolute atomic E-state index is 15.8. The number of para-hydroxylation sites is 1. The van der Waals surface area contributed by atoms with Crippen LogP contribution in [0.2, 0.25) is 4.34 Å². The van der Waals surface area contributed by atoms with Gasteiger partial charge in [0, 0.05) is 11.8 Å². The molecule has 4 aromatic rings. The van der Waals surface area contributed by atoms with Crippen LogP contribution in [0.4, 0.5) is 15.8 Å². The molecule has 1 N–H and O–H groups in total. The Balaban J connectivity index is 1.57. The molecule has 0 spiro atoms. The number of thiophene rings is 1. The number of carbonyl (C=O) groups is 1. The van der Waals surface area contributed by atoms with Gasteiger partial charge in [0.1, 0.15) is 16.1 Å². The molecule has 0 radical (unpaired) electrons. The van der Waals surface area contributed by atoms with Gasteiger partial charge in [0.15, 0.2) is 9.84 Å². The second kappa shape index (κ2) is 10.5. The molecule has 0 aliphatic carbocycles. The molecule has 39 heavy (non-hydrogen) atoms. The van der Waals surface area contributed by atoms with Crippen molar-refractivity contribution in [2.24, 2.45) is 0 Å². The van der Waals surface area contributed by atoms with Crippen LogP contribution in [0.3, 0.4) is 0 Å².